The molecule has 0 bridgehead atoms. The zero-order chi connectivity index (χ0) is 18.5. The Hall–Kier alpha value is -2.23. The number of hydrogen-bond acceptors (Lipinski definition) is 4. The summed E-state index contributed by atoms with van der Waals surface area (Å²) in [5.74, 6) is 1.83. The monoisotopic (exact) mass is 358 g/mol. The first-order valence-electron chi connectivity index (χ1n) is 9.68. The summed E-state index contributed by atoms with van der Waals surface area (Å²) >= 11 is 0. The van der Waals surface area contributed by atoms with Crippen LogP contribution in [0, 0.1) is 0 Å². The van der Waals surface area contributed by atoms with Crippen LogP contribution in [0.4, 0.5) is 0 Å². The highest BCUT2D eigenvalue weighted by molar-refractivity contribution is 5.85. The lowest BCUT2D eigenvalue weighted by Gasteiger charge is -2.09. The highest BCUT2D eigenvalue weighted by atomic mass is 16.5. The van der Waals surface area contributed by atoms with Crippen LogP contribution in [0.1, 0.15) is 51.9 Å². The fourth-order valence-electron chi connectivity index (χ4n) is 2.80. The number of carbonyl (C=O) groups is 1. The smallest absolute Gasteiger partial charge is 0.293 e. The van der Waals surface area contributed by atoms with Crippen LogP contribution in [-0.4, -0.2) is 26.3 Å². The van der Waals surface area contributed by atoms with Crippen molar-refractivity contribution >= 4 is 17.2 Å². The van der Waals surface area contributed by atoms with Crippen molar-refractivity contribution in [2.45, 2.75) is 51.9 Å². The molecule has 4 heteroatoms. The van der Waals surface area contributed by atoms with Crippen LogP contribution in [0.3, 0.4) is 0 Å². The van der Waals surface area contributed by atoms with Gasteiger partial charge in [-0.1, -0.05) is 31.9 Å². The van der Waals surface area contributed by atoms with E-state index in [0.717, 1.165) is 55.6 Å². The third-order valence-corrected chi connectivity index (χ3v) is 4.29. The predicted molar refractivity (Wildman–Crippen MR) is 105 cm³/mol. The molecule has 2 rings (SSSR count). The topological polar surface area (TPSA) is 44.8 Å². The van der Waals surface area contributed by atoms with Gasteiger partial charge in [-0.3, -0.25) is 4.79 Å². The quantitative estimate of drug-likeness (QED) is 0.329. The molecule has 0 heterocycles. The third-order valence-electron chi connectivity index (χ3n) is 4.29. The summed E-state index contributed by atoms with van der Waals surface area (Å²) < 4.78 is 16.3. The summed E-state index contributed by atoms with van der Waals surface area (Å²) in [6.07, 6.45) is 7.57. The SMILES string of the molecule is CCCCCOc1ccc2cc(OCCCCCCOC=O)ccc2c1. The Morgan fingerprint density at radius 2 is 1.27 bits per heavy atom. The molecule has 0 aliphatic carbocycles. The fourth-order valence-corrected chi connectivity index (χ4v) is 2.80. The Morgan fingerprint density at radius 1 is 0.731 bits per heavy atom. The maximum Gasteiger partial charge on any atom is 0.293 e. The highest BCUT2D eigenvalue weighted by Crippen LogP contribution is 2.25. The lowest BCUT2D eigenvalue weighted by atomic mass is 10.1. The van der Waals surface area contributed by atoms with Crippen molar-refractivity contribution in [3.05, 3.63) is 36.4 Å². The van der Waals surface area contributed by atoms with Crippen molar-refractivity contribution in [3.8, 4) is 11.5 Å². The Balaban J connectivity index is 1.73. The Morgan fingerprint density at radius 3 is 1.81 bits per heavy atom. The number of carbonyl (C=O) groups excluding carboxylic acids is 1. The van der Waals surface area contributed by atoms with Crippen molar-refractivity contribution in [2.24, 2.45) is 0 Å². The maximum absolute atomic E-state index is 10.0. The van der Waals surface area contributed by atoms with Crippen LogP contribution in [0.25, 0.3) is 10.8 Å². The van der Waals surface area contributed by atoms with E-state index in [9.17, 15) is 4.79 Å². The van der Waals surface area contributed by atoms with Gasteiger partial charge in [0.25, 0.3) is 6.47 Å². The Bertz CT molecular complexity index is 654. The van der Waals surface area contributed by atoms with E-state index in [1.165, 1.54) is 18.2 Å². The molecule has 26 heavy (non-hydrogen) atoms. The second-order valence-electron chi connectivity index (χ2n) is 6.46. The van der Waals surface area contributed by atoms with Gasteiger partial charge in [0.15, 0.2) is 0 Å². The summed E-state index contributed by atoms with van der Waals surface area (Å²) in [6, 6.07) is 12.4. The van der Waals surface area contributed by atoms with Gasteiger partial charge in [-0.05, 0) is 67.1 Å². The molecule has 0 aromatic heterocycles. The number of rotatable bonds is 14. The molecule has 142 valence electrons. The van der Waals surface area contributed by atoms with Crippen LogP contribution < -0.4 is 9.47 Å². The maximum atomic E-state index is 10.0. The summed E-state index contributed by atoms with van der Waals surface area (Å²) in [6.45, 7) is 4.70. The molecule has 0 aliphatic rings. The number of benzene rings is 2. The van der Waals surface area contributed by atoms with Crippen LogP contribution in [0.15, 0.2) is 36.4 Å². The molecule has 0 radical (unpaired) electrons. The van der Waals surface area contributed by atoms with Crippen LogP contribution in [0.5, 0.6) is 11.5 Å². The highest BCUT2D eigenvalue weighted by Gasteiger charge is 2.01. The first kappa shape index (κ1) is 20.1. The fraction of sp³-hybridized carbons (Fsp3) is 0.500. The minimum Gasteiger partial charge on any atom is -0.494 e. The largest absolute Gasteiger partial charge is 0.494 e. The van der Waals surface area contributed by atoms with E-state index in [4.69, 9.17) is 9.47 Å². The summed E-state index contributed by atoms with van der Waals surface area (Å²) in [5, 5.41) is 2.33. The van der Waals surface area contributed by atoms with Gasteiger partial charge in [-0.25, -0.2) is 0 Å². The molecule has 0 atom stereocenters. The zero-order valence-electron chi connectivity index (χ0n) is 15.7. The minimum absolute atomic E-state index is 0.504. The van der Waals surface area contributed by atoms with E-state index < -0.39 is 0 Å². The molecule has 4 nitrogen and oxygen atoms in total. The van der Waals surface area contributed by atoms with Gasteiger partial charge in [0, 0.05) is 0 Å². The molecule has 0 spiro atoms. The van der Waals surface area contributed by atoms with E-state index in [1.54, 1.807) is 0 Å². The van der Waals surface area contributed by atoms with Crippen molar-refractivity contribution in [1.29, 1.82) is 0 Å². The molecule has 0 fully saturated rings. The van der Waals surface area contributed by atoms with Crippen molar-refractivity contribution in [2.75, 3.05) is 19.8 Å². The lowest BCUT2D eigenvalue weighted by Crippen LogP contribution is -1.98. The minimum atomic E-state index is 0.504. The van der Waals surface area contributed by atoms with Crippen molar-refractivity contribution in [1.82, 2.24) is 0 Å². The molecule has 0 saturated carbocycles. The summed E-state index contributed by atoms with van der Waals surface area (Å²) in [4.78, 5) is 10.0. The van der Waals surface area contributed by atoms with Gasteiger partial charge >= 0.3 is 0 Å². The Kier molecular flexibility index (Phi) is 9.41. The molecule has 0 unspecified atom stereocenters. The summed E-state index contributed by atoms with van der Waals surface area (Å²) in [5.41, 5.74) is 0. The van der Waals surface area contributed by atoms with Gasteiger partial charge in [-0.2, -0.15) is 0 Å². The average molecular weight is 358 g/mol. The molecular formula is C22H30O4. The Labute approximate surface area is 156 Å². The number of ether oxygens (including phenoxy) is 3. The normalized spacial score (nSPS) is 10.7. The van der Waals surface area contributed by atoms with Gasteiger partial charge in [-0.15, -0.1) is 0 Å². The zero-order valence-corrected chi connectivity index (χ0v) is 15.7. The van der Waals surface area contributed by atoms with Gasteiger partial charge in [0.05, 0.1) is 19.8 Å². The van der Waals surface area contributed by atoms with E-state index in [0.29, 0.717) is 19.7 Å². The van der Waals surface area contributed by atoms with Gasteiger partial charge in [0.2, 0.25) is 0 Å². The molecule has 0 saturated heterocycles. The standard InChI is InChI=1S/C22H30O4/c1-2-3-6-14-25-21-11-9-20-17-22(12-10-19(20)16-21)26-15-8-5-4-7-13-24-18-23/h9-12,16-18H,2-8,13-15H2,1H3. The number of hydrogen-bond donors (Lipinski definition) is 0. The van der Waals surface area contributed by atoms with Gasteiger partial charge in [0.1, 0.15) is 11.5 Å². The van der Waals surface area contributed by atoms with Crippen LogP contribution in [-0.2, 0) is 9.53 Å². The van der Waals surface area contributed by atoms with Crippen molar-refractivity contribution in [3.63, 3.8) is 0 Å². The van der Waals surface area contributed by atoms with E-state index in [1.807, 2.05) is 12.1 Å². The molecule has 0 N–H and O–H groups in total. The molecular weight excluding hydrogens is 328 g/mol. The second-order valence-corrected chi connectivity index (χ2v) is 6.46. The van der Waals surface area contributed by atoms with Gasteiger partial charge < -0.3 is 14.2 Å². The average Bonchev–Trinajstić information content (AvgIpc) is 2.67. The molecule has 0 aliphatic heterocycles. The second kappa shape index (κ2) is 12.2. The van der Waals surface area contributed by atoms with Crippen LogP contribution >= 0.6 is 0 Å². The number of unbranched alkanes of at least 4 members (excludes halogenated alkanes) is 5. The van der Waals surface area contributed by atoms with Crippen LogP contribution in [0.2, 0.25) is 0 Å². The first-order chi connectivity index (χ1) is 12.8. The van der Waals surface area contributed by atoms with E-state index >= 15 is 0 Å². The molecule has 0 amide bonds. The predicted octanol–water partition coefficient (Wildman–Crippen LogP) is 5.52. The molecule has 2 aromatic rings. The third kappa shape index (κ3) is 7.34. The van der Waals surface area contributed by atoms with E-state index in [2.05, 4.69) is 35.9 Å². The first-order valence-corrected chi connectivity index (χ1v) is 9.68. The van der Waals surface area contributed by atoms with E-state index in [-0.39, 0.29) is 0 Å². The molecule has 2 aromatic carbocycles. The number of fused-ring (bicyclic) bond motifs is 1. The lowest BCUT2D eigenvalue weighted by molar-refractivity contribution is -0.128. The summed E-state index contributed by atoms with van der Waals surface area (Å²) in [7, 11) is 0. The van der Waals surface area contributed by atoms with Crippen molar-refractivity contribution < 1.29 is 19.0 Å².